The number of benzene rings is 3. The fourth-order valence-corrected chi connectivity index (χ4v) is 4.56. The fraction of sp³-hybridized carbons (Fsp3) is 0.0952. The Bertz CT molecular complexity index is 1140. The van der Waals surface area contributed by atoms with Crippen LogP contribution >= 0.6 is 23.4 Å². The minimum atomic E-state index is -3.86. The summed E-state index contributed by atoms with van der Waals surface area (Å²) in [4.78, 5) is 13.7. The SMILES string of the molecule is CSc1cccc(NC(=O)c2cc(S(=O)(=O)N(C)c3ccccc3)ccc2Cl)c1. The van der Waals surface area contributed by atoms with Gasteiger partial charge in [-0.2, -0.15) is 0 Å². The van der Waals surface area contributed by atoms with Gasteiger partial charge in [0, 0.05) is 17.6 Å². The maximum Gasteiger partial charge on any atom is 0.264 e. The summed E-state index contributed by atoms with van der Waals surface area (Å²) in [6.45, 7) is 0. The van der Waals surface area contributed by atoms with Gasteiger partial charge in [0.15, 0.2) is 0 Å². The first-order valence-corrected chi connectivity index (χ1v) is 11.7. The molecule has 0 saturated heterocycles. The number of sulfonamides is 1. The highest BCUT2D eigenvalue weighted by Gasteiger charge is 2.23. The van der Waals surface area contributed by atoms with Gasteiger partial charge in [-0.15, -0.1) is 11.8 Å². The lowest BCUT2D eigenvalue weighted by Gasteiger charge is -2.20. The Balaban J connectivity index is 1.92. The first-order chi connectivity index (χ1) is 13.8. The predicted molar refractivity (Wildman–Crippen MR) is 120 cm³/mol. The highest BCUT2D eigenvalue weighted by molar-refractivity contribution is 7.98. The monoisotopic (exact) mass is 446 g/mol. The molecule has 0 bridgehead atoms. The van der Waals surface area contributed by atoms with Crippen LogP contribution in [0.25, 0.3) is 0 Å². The van der Waals surface area contributed by atoms with E-state index in [-0.39, 0.29) is 15.5 Å². The summed E-state index contributed by atoms with van der Waals surface area (Å²) < 4.78 is 27.2. The van der Waals surface area contributed by atoms with Crippen LogP contribution in [0.5, 0.6) is 0 Å². The van der Waals surface area contributed by atoms with Gasteiger partial charge in [-0.05, 0) is 54.8 Å². The Morgan fingerprint density at radius 2 is 1.72 bits per heavy atom. The largest absolute Gasteiger partial charge is 0.322 e. The number of hydrogen-bond acceptors (Lipinski definition) is 4. The fourth-order valence-electron chi connectivity index (χ4n) is 2.67. The number of halogens is 1. The molecular weight excluding hydrogens is 428 g/mol. The Morgan fingerprint density at radius 3 is 2.41 bits per heavy atom. The number of hydrogen-bond donors (Lipinski definition) is 1. The molecule has 0 fully saturated rings. The van der Waals surface area contributed by atoms with Crippen LogP contribution in [0, 0.1) is 0 Å². The molecule has 3 aromatic carbocycles. The average Bonchev–Trinajstić information content (AvgIpc) is 2.74. The van der Waals surface area contributed by atoms with E-state index in [9.17, 15) is 13.2 Å². The van der Waals surface area contributed by atoms with Gasteiger partial charge in [-0.3, -0.25) is 9.10 Å². The topological polar surface area (TPSA) is 66.5 Å². The van der Waals surface area contributed by atoms with Crippen molar-refractivity contribution in [2.24, 2.45) is 0 Å². The summed E-state index contributed by atoms with van der Waals surface area (Å²) in [6.07, 6.45) is 1.94. The third kappa shape index (κ3) is 4.75. The second kappa shape index (κ2) is 8.90. The van der Waals surface area contributed by atoms with Gasteiger partial charge in [0.2, 0.25) is 0 Å². The van der Waals surface area contributed by atoms with Crippen LogP contribution in [0.4, 0.5) is 11.4 Å². The molecule has 1 amide bonds. The van der Waals surface area contributed by atoms with Crippen LogP contribution in [0.1, 0.15) is 10.4 Å². The van der Waals surface area contributed by atoms with E-state index in [0.717, 1.165) is 4.90 Å². The highest BCUT2D eigenvalue weighted by atomic mass is 35.5. The molecule has 0 spiro atoms. The molecule has 0 unspecified atom stereocenters. The zero-order chi connectivity index (χ0) is 21.0. The molecule has 0 radical (unpaired) electrons. The standard InChI is InChI=1S/C21H19ClN2O3S2/c1-24(16-8-4-3-5-9-16)29(26,27)18-11-12-20(22)19(14-18)21(25)23-15-7-6-10-17(13-15)28-2/h3-14H,1-2H3,(H,23,25). The van der Waals surface area contributed by atoms with E-state index in [1.165, 1.54) is 29.6 Å². The molecule has 3 rings (SSSR count). The molecule has 0 aliphatic heterocycles. The molecule has 1 N–H and O–H groups in total. The molecule has 150 valence electrons. The quantitative estimate of drug-likeness (QED) is 0.532. The molecule has 5 nitrogen and oxygen atoms in total. The van der Waals surface area contributed by atoms with Crippen LogP contribution in [0.15, 0.2) is 82.6 Å². The Morgan fingerprint density at radius 1 is 1.00 bits per heavy atom. The van der Waals surface area contributed by atoms with Crippen molar-refractivity contribution in [3.8, 4) is 0 Å². The van der Waals surface area contributed by atoms with Crippen LogP contribution in [-0.2, 0) is 10.0 Å². The third-order valence-corrected chi connectivity index (χ3v) is 7.12. The van der Waals surface area contributed by atoms with Crippen molar-refractivity contribution in [3.05, 3.63) is 83.4 Å². The summed E-state index contributed by atoms with van der Waals surface area (Å²) in [7, 11) is -2.39. The summed E-state index contributed by atoms with van der Waals surface area (Å²) in [5.74, 6) is -0.479. The highest BCUT2D eigenvalue weighted by Crippen LogP contribution is 2.27. The molecule has 8 heteroatoms. The summed E-state index contributed by atoms with van der Waals surface area (Å²) >= 11 is 7.74. The number of nitrogens with zero attached hydrogens (tertiary/aromatic N) is 1. The number of amides is 1. The number of carbonyl (C=O) groups excluding carboxylic acids is 1. The van der Waals surface area contributed by atoms with Crippen molar-refractivity contribution in [2.75, 3.05) is 22.9 Å². The van der Waals surface area contributed by atoms with Crippen LogP contribution in [-0.4, -0.2) is 27.6 Å². The molecule has 3 aromatic rings. The maximum absolute atomic E-state index is 13.0. The lowest BCUT2D eigenvalue weighted by atomic mass is 10.2. The van der Waals surface area contributed by atoms with Gasteiger partial charge >= 0.3 is 0 Å². The van der Waals surface area contributed by atoms with E-state index in [1.807, 2.05) is 24.5 Å². The zero-order valence-electron chi connectivity index (χ0n) is 15.8. The predicted octanol–water partition coefficient (Wildman–Crippen LogP) is 5.14. The number of nitrogens with one attached hydrogen (secondary N) is 1. The van der Waals surface area contributed by atoms with E-state index in [1.54, 1.807) is 48.2 Å². The van der Waals surface area contributed by atoms with E-state index < -0.39 is 15.9 Å². The summed E-state index contributed by atoms with van der Waals surface area (Å²) in [5.41, 5.74) is 1.21. The minimum absolute atomic E-state index is 0.0173. The second-order valence-electron chi connectivity index (χ2n) is 6.14. The Labute approximate surface area is 179 Å². The molecule has 0 aliphatic rings. The first-order valence-electron chi connectivity index (χ1n) is 8.62. The zero-order valence-corrected chi connectivity index (χ0v) is 18.2. The number of para-hydroxylation sites is 1. The van der Waals surface area contributed by atoms with Gasteiger partial charge < -0.3 is 5.32 Å². The first kappa shape index (κ1) is 21.2. The van der Waals surface area contributed by atoms with E-state index in [4.69, 9.17) is 11.6 Å². The van der Waals surface area contributed by atoms with Gasteiger partial charge in [0.05, 0.1) is 21.2 Å². The number of rotatable bonds is 6. The molecule has 0 aliphatic carbocycles. The van der Waals surface area contributed by atoms with E-state index in [0.29, 0.717) is 11.4 Å². The van der Waals surface area contributed by atoms with Gasteiger partial charge in [0.25, 0.3) is 15.9 Å². The van der Waals surface area contributed by atoms with Crippen molar-refractivity contribution < 1.29 is 13.2 Å². The number of carbonyl (C=O) groups is 1. The summed E-state index contributed by atoms with van der Waals surface area (Å²) in [5, 5.41) is 2.94. The van der Waals surface area contributed by atoms with E-state index in [2.05, 4.69) is 5.32 Å². The van der Waals surface area contributed by atoms with Crippen molar-refractivity contribution in [1.29, 1.82) is 0 Å². The molecule has 0 aromatic heterocycles. The minimum Gasteiger partial charge on any atom is -0.322 e. The van der Waals surface area contributed by atoms with Crippen molar-refractivity contribution in [1.82, 2.24) is 0 Å². The lowest BCUT2D eigenvalue weighted by Crippen LogP contribution is -2.27. The maximum atomic E-state index is 13.0. The molecule has 0 saturated carbocycles. The lowest BCUT2D eigenvalue weighted by molar-refractivity contribution is 0.102. The van der Waals surface area contributed by atoms with Crippen molar-refractivity contribution in [2.45, 2.75) is 9.79 Å². The van der Waals surface area contributed by atoms with Gasteiger partial charge in [0.1, 0.15) is 0 Å². The number of thioether (sulfide) groups is 1. The van der Waals surface area contributed by atoms with Gasteiger partial charge in [-0.25, -0.2) is 8.42 Å². The van der Waals surface area contributed by atoms with Crippen LogP contribution in [0.2, 0.25) is 5.02 Å². The van der Waals surface area contributed by atoms with Crippen LogP contribution in [0.3, 0.4) is 0 Å². The van der Waals surface area contributed by atoms with Crippen molar-refractivity contribution in [3.63, 3.8) is 0 Å². The van der Waals surface area contributed by atoms with E-state index >= 15 is 0 Å². The molecular formula is C21H19ClN2O3S2. The third-order valence-electron chi connectivity index (χ3n) is 4.29. The Kier molecular flexibility index (Phi) is 6.52. The molecule has 0 heterocycles. The normalized spacial score (nSPS) is 11.1. The second-order valence-corrected chi connectivity index (χ2v) is 9.39. The molecule has 0 atom stereocenters. The van der Waals surface area contributed by atoms with Crippen molar-refractivity contribution >= 4 is 50.7 Å². The van der Waals surface area contributed by atoms with Crippen LogP contribution < -0.4 is 9.62 Å². The Hall–Kier alpha value is -2.48. The average molecular weight is 447 g/mol. The number of anilines is 2. The summed E-state index contributed by atoms with van der Waals surface area (Å²) in [6, 6.07) is 20.2. The molecule has 29 heavy (non-hydrogen) atoms. The smallest absolute Gasteiger partial charge is 0.264 e. The van der Waals surface area contributed by atoms with Gasteiger partial charge in [-0.1, -0.05) is 35.9 Å².